The third-order valence-corrected chi connectivity index (χ3v) is 5.52. The van der Waals surface area contributed by atoms with Crippen LogP contribution in [0.3, 0.4) is 0 Å². The molecular formula is C23H28N2O4. The highest BCUT2D eigenvalue weighted by Gasteiger charge is 2.27. The molecular weight excluding hydrogens is 368 g/mol. The van der Waals surface area contributed by atoms with Crippen LogP contribution in [-0.2, 0) is 11.2 Å². The Labute approximate surface area is 171 Å². The molecule has 0 aliphatic heterocycles. The zero-order valence-corrected chi connectivity index (χ0v) is 16.6. The molecule has 2 aromatic carbocycles. The molecule has 1 aliphatic carbocycles. The number of carboxylic acid groups (broad SMARTS) is 1. The van der Waals surface area contributed by atoms with Gasteiger partial charge >= 0.3 is 12.0 Å². The van der Waals surface area contributed by atoms with Gasteiger partial charge in [0.1, 0.15) is 5.75 Å². The van der Waals surface area contributed by atoms with Crippen LogP contribution in [0, 0.1) is 5.92 Å². The van der Waals surface area contributed by atoms with Crippen LogP contribution in [0.4, 0.5) is 4.79 Å². The summed E-state index contributed by atoms with van der Waals surface area (Å²) in [6.07, 6.45) is 3.26. The first-order valence-electron chi connectivity index (χ1n) is 10.0. The van der Waals surface area contributed by atoms with Crippen LogP contribution in [0.5, 0.6) is 5.75 Å². The fourth-order valence-corrected chi connectivity index (χ4v) is 3.81. The van der Waals surface area contributed by atoms with E-state index in [2.05, 4.69) is 10.6 Å². The van der Waals surface area contributed by atoms with E-state index in [9.17, 15) is 9.59 Å². The van der Waals surface area contributed by atoms with Gasteiger partial charge in [-0.1, -0.05) is 42.5 Å². The summed E-state index contributed by atoms with van der Waals surface area (Å²) in [4.78, 5) is 23.8. The van der Waals surface area contributed by atoms with Gasteiger partial charge < -0.3 is 20.5 Å². The Kier molecular flexibility index (Phi) is 7.11. The van der Waals surface area contributed by atoms with Crippen LogP contribution in [-0.4, -0.2) is 30.3 Å². The summed E-state index contributed by atoms with van der Waals surface area (Å²) in [7, 11) is 1.63. The number of nitrogens with one attached hydrogen (secondary N) is 2. The number of hydrogen-bond donors (Lipinski definition) is 3. The molecule has 2 amide bonds. The number of hydrogen-bond acceptors (Lipinski definition) is 3. The third-order valence-electron chi connectivity index (χ3n) is 5.52. The Balaban J connectivity index is 1.64. The fraction of sp³-hybridized carbons (Fsp3) is 0.391. The van der Waals surface area contributed by atoms with E-state index in [4.69, 9.17) is 9.84 Å². The number of carbonyl (C=O) groups is 2. The number of urea groups is 1. The highest BCUT2D eigenvalue weighted by atomic mass is 16.5. The molecule has 0 spiro atoms. The monoisotopic (exact) mass is 396 g/mol. The third kappa shape index (κ3) is 5.98. The van der Waals surface area contributed by atoms with Crippen LogP contribution < -0.4 is 15.4 Å². The second-order valence-corrected chi connectivity index (χ2v) is 7.52. The number of rotatable bonds is 7. The first-order chi connectivity index (χ1) is 14.0. The predicted molar refractivity (Wildman–Crippen MR) is 111 cm³/mol. The van der Waals surface area contributed by atoms with Gasteiger partial charge in [0.05, 0.1) is 19.1 Å². The molecule has 0 radical (unpaired) electrons. The van der Waals surface area contributed by atoms with E-state index in [0.717, 1.165) is 16.9 Å². The maximum Gasteiger partial charge on any atom is 0.315 e. The van der Waals surface area contributed by atoms with Crippen molar-refractivity contribution in [3.8, 4) is 5.75 Å². The molecule has 6 nitrogen and oxygen atoms in total. The average Bonchev–Trinajstić information content (AvgIpc) is 2.74. The lowest BCUT2D eigenvalue weighted by molar-refractivity contribution is -0.142. The fourth-order valence-electron chi connectivity index (χ4n) is 3.81. The number of aliphatic carboxylic acids is 1. The molecule has 1 unspecified atom stereocenters. The van der Waals surface area contributed by atoms with Crippen LogP contribution in [0.15, 0.2) is 54.6 Å². The minimum atomic E-state index is -0.740. The minimum Gasteiger partial charge on any atom is -0.497 e. The highest BCUT2D eigenvalue weighted by Crippen LogP contribution is 2.25. The number of ether oxygens (including phenoxy) is 1. The molecule has 3 rings (SSSR count). The quantitative estimate of drug-likeness (QED) is 0.662. The van der Waals surface area contributed by atoms with E-state index in [1.165, 1.54) is 0 Å². The molecule has 0 saturated heterocycles. The van der Waals surface area contributed by atoms with Crippen molar-refractivity contribution in [2.45, 2.75) is 44.2 Å². The molecule has 29 heavy (non-hydrogen) atoms. The standard InChI is InChI=1S/C23H28N2O4/c1-29-20-13-9-17(10-14-20)21(15-16-5-3-2-4-6-16)25-23(28)24-19-11-7-18(8-12-19)22(26)27/h2-6,9-10,13-14,18-19,21H,7-8,11-12,15H2,1H3,(H,26,27)(H2,24,25,28). The van der Waals surface area contributed by atoms with Gasteiger partial charge in [-0.25, -0.2) is 4.79 Å². The number of amides is 2. The average molecular weight is 396 g/mol. The summed E-state index contributed by atoms with van der Waals surface area (Å²) in [5.41, 5.74) is 2.13. The number of carboxylic acids is 1. The van der Waals surface area contributed by atoms with Crippen LogP contribution in [0.25, 0.3) is 0 Å². The highest BCUT2D eigenvalue weighted by molar-refractivity contribution is 5.75. The lowest BCUT2D eigenvalue weighted by Gasteiger charge is -2.28. The Hall–Kier alpha value is -3.02. The van der Waals surface area contributed by atoms with Crippen molar-refractivity contribution in [1.29, 1.82) is 0 Å². The van der Waals surface area contributed by atoms with E-state index in [1.54, 1.807) is 7.11 Å². The van der Waals surface area contributed by atoms with Gasteiger partial charge in [0, 0.05) is 6.04 Å². The number of benzene rings is 2. The molecule has 1 saturated carbocycles. The predicted octanol–water partition coefficient (Wildman–Crippen LogP) is 3.92. The van der Waals surface area contributed by atoms with Crippen molar-refractivity contribution in [3.05, 3.63) is 65.7 Å². The first-order valence-corrected chi connectivity index (χ1v) is 10.0. The van der Waals surface area contributed by atoms with E-state index in [1.807, 2.05) is 54.6 Å². The van der Waals surface area contributed by atoms with Gasteiger partial charge in [0.2, 0.25) is 0 Å². The van der Waals surface area contributed by atoms with Gasteiger partial charge in [-0.15, -0.1) is 0 Å². The molecule has 1 atom stereocenters. The zero-order valence-electron chi connectivity index (χ0n) is 16.6. The Bertz CT molecular complexity index is 799. The molecule has 6 heteroatoms. The van der Waals surface area contributed by atoms with Gasteiger partial charge in [-0.2, -0.15) is 0 Å². The maximum absolute atomic E-state index is 12.7. The topological polar surface area (TPSA) is 87.7 Å². The molecule has 0 aromatic heterocycles. The first kappa shape index (κ1) is 20.7. The summed E-state index contributed by atoms with van der Waals surface area (Å²) in [5.74, 6) is -0.261. The van der Waals surface area contributed by atoms with Crippen molar-refractivity contribution in [2.75, 3.05) is 7.11 Å². The Morgan fingerprint density at radius 3 is 2.28 bits per heavy atom. The van der Waals surface area contributed by atoms with Gasteiger partial charge in [-0.05, 0) is 55.4 Å². The molecule has 2 aromatic rings. The van der Waals surface area contributed by atoms with Crippen LogP contribution in [0.2, 0.25) is 0 Å². The van der Waals surface area contributed by atoms with Crippen LogP contribution >= 0.6 is 0 Å². The van der Waals surface area contributed by atoms with Crippen molar-refractivity contribution < 1.29 is 19.4 Å². The minimum absolute atomic E-state index is 0.0128. The van der Waals surface area contributed by atoms with E-state index < -0.39 is 5.97 Å². The number of carbonyl (C=O) groups excluding carboxylic acids is 1. The van der Waals surface area contributed by atoms with Crippen molar-refractivity contribution in [1.82, 2.24) is 10.6 Å². The van der Waals surface area contributed by atoms with Gasteiger partial charge in [-0.3, -0.25) is 4.79 Å². The van der Waals surface area contributed by atoms with E-state index in [-0.39, 0.29) is 24.0 Å². The summed E-state index contributed by atoms with van der Waals surface area (Å²) < 4.78 is 5.23. The maximum atomic E-state index is 12.7. The smallest absolute Gasteiger partial charge is 0.315 e. The second kappa shape index (κ2) is 9.96. The van der Waals surface area contributed by atoms with E-state index in [0.29, 0.717) is 32.1 Å². The molecule has 1 aliphatic rings. The summed E-state index contributed by atoms with van der Waals surface area (Å²) in [6, 6.07) is 17.3. The largest absolute Gasteiger partial charge is 0.497 e. The SMILES string of the molecule is COc1ccc(C(Cc2ccccc2)NC(=O)NC2CCC(C(=O)O)CC2)cc1. The van der Waals surface area contributed by atoms with E-state index >= 15 is 0 Å². The number of methoxy groups -OCH3 is 1. The van der Waals surface area contributed by atoms with Gasteiger partial charge in [0.15, 0.2) is 0 Å². The Morgan fingerprint density at radius 2 is 1.69 bits per heavy atom. The molecule has 1 fully saturated rings. The van der Waals surface area contributed by atoms with Gasteiger partial charge in [0.25, 0.3) is 0 Å². The summed E-state index contributed by atoms with van der Waals surface area (Å²) in [6.45, 7) is 0. The van der Waals surface area contributed by atoms with Crippen molar-refractivity contribution in [2.24, 2.45) is 5.92 Å². The molecule has 154 valence electrons. The lowest BCUT2D eigenvalue weighted by atomic mass is 9.86. The Morgan fingerprint density at radius 1 is 1.03 bits per heavy atom. The molecule has 0 heterocycles. The van der Waals surface area contributed by atoms with Crippen molar-refractivity contribution >= 4 is 12.0 Å². The summed E-state index contributed by atoms with van der Waals surface area (Å²) >= 11 is 0. The molecule has 0 bridgehead atoms. The van der Waals surface area contributed by atoms with Crippen LogP contribution in [0.1, 0.15) is 42.9 Å². The lowest BCUT2D eigenvalue weighted by Crippen LogP contribution is -2.45. The summed E-state index contributed by atoms with van der Waals surface area (Å²) in [5, 5.41) is 15.2. The molecule has 3 N–H and O–H groups in total. The normalized spacial score (nSPS) is 19.8. The van der Waals surface area contributed by atoms with Crippen molar-refractivity contribution in [3.63, 3.8) is 0 Å². The second-order valence-electron chi connectivity index (χ2n) is 7.52. The zero-order chi connectivity index (χ0) is 20.6.